The molecule has 0 aliphatic rings. The minimum absolute atomic E-state index is 0.757. The van der Waals surface area contributed by atoms with Gasteiger partial charge in [0, 0.05) is 23.9 Å². The number of halogens is 1. The van der Waals surface area contributed by atoms with Crippen LogP contribution in [0.1, 0.15) is 5.56 Å². The predicted molar refractivity (Wildman–Crippen MR) is 73.1 cm³/mol. The van der Waals surface area contributed by atoms with Gasteiger partial charge in [0.25, 0.3) is 0 Å². The number of hydrogen-bond donors (Lipinski definition) is 1. The van der Waals surface area contributed by atoms with Crippen molar-refractivity contribution in [3.63, 3.8) is 0 Å². The molecule has 1 rings (SSSR count). The number of nitrogens with zero attached hydrogens (tertiary/aromatic N) is 1. The lowest BCUT2D eigenvalue weighted by molar-refractivity contribution is 0.355. The Kier molecular flexibility index (Phi) is 6.03. The summed E-state index contributed by atoms with van der Waals surface area (Å²) in [5.74, 6) is 1.78. The zero-order chi connectivity index (χ0) is 12.0. The summed E-state index contributed by atoms with van der Waals surface area (Å²) in [7, 11) is 3.78. The van der Waals surface area contributed by atoms with Crippen molar-refractivity contribution < 1.29 is 4.74 Å². The van der Waals surface area contributed by atoms with Gasteiger partial charge in [0.15, 0.2) is 0 Å². The van der Waals surface area contributed by atoms with Crippen molar-refractivity contribution in [2.75, 3.05) is 33.0 Å². The monoisotopic (exact) mass is 259 g/mol. The Hall–Kier alpha value is -0.380. The van der Waals surface area contributed by atoms with Gasteiger partial charge in [-0.1, -0.05) is 11.6 Å². The molecule has 1 aromatic carbocycles. The molecule has 4 heteroatoms. The first-order valence-corrected chi connectivity index (χ1v) is 6.30. The maximum Gasteiger partial charge on any atom is 0.122 e. The summed E-state index contributed by atoms with van der Waals surface area (Å²) in [5, 5.41) is 0.757. The van der Waals surface area contributed by atoms with Crippen LogP contribution in [0.15, 0.2) is 18.2 Å². The zero-order valence-corrected chi connectivity index (χ0v) is 11.4. The van der Waals surface area contributed by atoms with Crippen molar-refractivity contribution in [3.05, 3.63) is 28.8 Å². The summed E-state index contributed by atoms with van der Waals surface area (Å²) in [6.07, 6.45) is 0.939. The molecule has 0 heterocycles. The van der Waals surface area contributed by atoms with Gasteiger partial charge < -0.3 is 9.64 Å². The first-order chi connectivity index (χ1) is 7.67. The highest BCUT2D eigenvalue weighted by molar-refractivity contribution is 7.80. The van der Waals surface area contributed by atoms with E-state index in [1.807, 2.05) is 18.2 Å². The van der Waals surface area contributed by atoms with Crippen LogP contribution >= 0.6 is 24.2 Å². The molecule has 0 aliphatic carbocycles. The van der Waals surface area contributed by atoms with Crippen LogP contribution < -0.4 is 4.74 Å². The Balaban J connectivity index is 2.61. The van der Waals surface area contributed by atoms with Gasteiger partial charge >= 0.3 is 0 Å². The Morgan fingerprint density at radius 3 is 2.75 bits per heavy atom. The largest absolute Gasteiger partial charge is 0.496 e. The molecule has 2 nitrogen and oxygen atoms in total. The number of thiol groups is 1. The van der Waals surface area contributed by atoms with E-state index in [2.05, 4.69) is 24.6 Å². The minimum atomic E-state index is 0.757. The SMILES string of the molecule is COc1ccc(Cl)cc1CCN(C)CCS. The lowest BCUT2D eigenvalue weighted by atomic mass is 10.1. The molecule has 0 saturated carbocycles. The van der Waals surface area contributed by atoms with Crippen LogP contribution in [-0.4, -0.2) is 37.9 Å². The van der Waals surface area contributed by atoms with Crippen LogP contribution in [0.2, 0.25) is 5.02 Å². The van der Waals surface area contributed by atoms with E-state index in [1.54, 1.807) is 7.11 Å². The lowest BCUT2D eigenvalue weighted by Gasteiger charge is -2.16. The van der Waals surface area contributed by atoms with Crippen LogP contribution in [0.5, 0.6) is 5.75 Å². The Morgan fingerprint density at radius 1 is 1.38 bits per heavy atom. The summed E-state index contributed by atoms with van der Waals surface area (Å²) < 4.78 is 5.30. The van der Waals surface area contributed by atoms with Crippen molar-refractivity contribution in [2.24, 2.45) is 0 Å². The number of methoxy groups -OCH3 is 1. The molecule has 0 spiro atoms. The summed E-state index contributed by atoms with van der Waals surface area (Å²) in [4.78, 5) is 2.24. The quantitative estimate of drug-likeness (QED) is 0.789. The summed E-state index contributed by atoms with van der Waals surface area (Å²) in [6.45, 7) is 1.98. The Bertz CT molecular complexity index is 333. The van der Waals surface area contributed by atoms with Crippen molar-refractivity contribution in [2.45, 2.75) is 6.42 Å². The Labute approximate surface area is 108 Å². The number of benzene rings is 1. The topological polar surface area (TPSA) is 12.5 Å². The number of rotatable bonds is 6. The fourth-order valence-corrected chi connectivity index (χ4v) is 2.07. The molecule has 0 radical (unpaired) electrons. The molecule has 0 aromatic heterocycles. The van der Waals surface area contributed by atoms with Gasteiger partial charge in [-0.3, -0.25) is 0 Å². The minimum Gasteiger partial charge on any atom is -0.496 e. The highest BCUT2D eigenvalue weighted by atomic mass is 35.5. The van der Waals surface area contributed by atoms with Gasteiger partial charge in [-0.15, -0.1) is 0 Å². The summed E-state index contributed by atoms with van der Waals surface area (Å²) in [6, 6.07) is 5.73. The molecule has 0 amide bonds. The zero-order valence-electron chi connectivity index (χ0n) is 9.74. The first-order valence-electron chi connectivity index (χ1n) is 5.29. The lowest BCUT2D eigenvalue weighted by Crippen LogP contribution is -2.23. The third kappa shape index (κ3) is 4.24. The van der Waals surface area contributed by atoms with E-state index >= 15 is 0 Å². The number of hydrogen-bond acceptors (Lipinski definition) is 3. The third-order valence-electron chi connectivity index (χ3n) is 2.49. The number of likely N-dealkylation sites (N-methyl/N-ethyl adjacent to an activating group) is 1. The second-order valence-corrected chi connectivity index (χ2v) is 4.62. The molecule has 0 unspecified atom stereocenters. The van der Waals surface area contributed by atoms with Crippen LogP contribution in [0.4, 0.5) is 0 Å². The predicted octanol–water partition coefficient (Wildman–Crippen LogP) is 2.75. The normalized spacial score (nSPS) is 10.8. The van der Waals surface area contributed by atoms with E-state index in [9.17, 15) is 0 Å². The fraction of sp³-hybridized carbons (Fsp3) is 0.500. The van der Waals surface area contributed by atoms with Gasteiger partial charge in [0.2, 0.25) is 0 Å². The van der Waals surface area contributed by atoms with E-state index in [0.717, 1.165) is 41.6 Å². The highest BCUT2D eigenvalue weighted by Crippen LogP contribution is 2.23. The molecule has 16 heavy (non-hydrogen) atoms. The number of ether oxygens (including phenoxy) is 1. The van der Waals surface area contributed by atoms with Gasteiger partial charge in [-0.2, -0.15) is 12.6 Å². The van der Waals surface area contributed by atoms with E-state index < -0.39 is 0 Å². The van der Waals surface area contributed by atoms with Gasteiger partial charge in [-0.05, 0) is 37.2 Å². The van der Waals surface area contributed by atoms with E-state index in [-0.39, 0.29) is 0 Å². The maximum atomic E-state index is 5.97. The van der Waals surface area contributed by atoms with E-state index in [1.165, 1.54) is 0 Å². The highest BCUT2D eigenvalue weighted by Gasteiger charge is 2.05. The van der Waals surface area contributed by atoms with Gasteiger partial charge in [0.1, 0.15) is 5.75 Å². The molecule has 0 saturated heterocycles. The van der Waals surface area contributed by atoms with Crippen molar-refractivity contribution in [3.8, 4) is 5.75 Å². The molecule has 0 bridgehead atoms. The molecule has 90 valence electrons. The third-order valence-corrected chi connectivity index (χ3v) is 2.92. The van der Waals surface area contributed by atoms with Crippen LogP contribution in [0, 0.1) is 0 Å². The van der Waals surface area contributed by atoms with E-state index in [0.29, 0.717) is 0 Å². The average molecular weight is 260 g/mol. The molecule has 0 aliphatic heterocycles. The van der Waals surface area contributed by atoms with Gasteiger partial charge in [-0.25, -0.2) is 0 Å². The molecule has 0 fully saturated rings. The standard InChI is InChI=1S/C12H18ClNOS/c1-14(7-8-16)6-5-10-9-11(13)3-4-12(10)15-2/h3-4,9,16H,5-8H2,1-2H3. The maximum absolute atomic E-state index is 5.97. The smallest absolute Gasteiger partial charge is 0.122 e. The summed E-state index contributed by atoms with van der Waals surface area (Å²) >= 11 is 10.2. The summed E-state index contributed by atoms with van der Waals surface area (Å²) in [5.41, 5.74) is 1.15. The van der Waals surface area contributed by atoms with Crippen LogP contribution in [-0.2, 0) is 6.42 Å². The molecule has 1 aromatic rings. The molecule has 0 atom stereocenters. The molecular weight excluding hydrogens is 242 g/mol. The second-order valence-electron chi connectivity index (χ2n) is 3.73. The van der Waals surface area contributed by atoms with Crippen molar-refractivity contribution in [1.82, 2.24) is 4.90 Å². The molecule has 0 N–H and O–H groups in total. The Morgan fingerprint density at radius 2 is 2.12 bits per heavy atom. The molecular formula is C12H18ClNOS. The van der Waals surface area contributed by atoms with Crippen molar-refractivity contribution in [1.29, 1.82) is 0 Å². The van der Waals surface area contributed by atoms with Crippen molar-refractivity contribution >= 4 is 24.2 Å². The van der Waals surface area contributed by atoms with Crippen LogP contribution in [0.25, 0.3) is 0 Å². The average Bonchev–Trinajstić information content (AvgIpc) is 2.27. The second kappa shape index (κ2) is 7.05. The van der Waals surface area contributed by atoms with Crippen LogP contribution in [0.3, 0.4) is 0 Å². The van der Waals surface area contributed by atoms with Gasteiger partial charge in [0.05, 0.1) is 7.11 Å². The van der Waals surface area contributed by atoms with E-state index in [4.69, 9.17) is 16.3 Å². The first kappa shape index (κ1) is 13.7. The fourth-order valence-electron chi connectivity index (χ4n) is 1.54.